The second kappa shape index (κ2) is 6.07. The van der Waals surface area contributed by atoms with Crippen LogP contribution in [-0.2, 0) is 4.79 Å². The van der Waals surface area contributed by atoms with Crippen molar-refractivity contribution in [3.05, 3.63) is 52.4 Å². The molecule has 0 spiro atoms. The van der Waals surface area contributed by atoms with Gasteiger partial charge in [0.05, 0.1) is 17.6 Å². The van der Waals surface area contributed by atoms with Crippen molar-refractivity contribution in [1.29, 1.82) is 5.26 Å². The SMILES string of the molecule is CC1=C(C#N)[C@H](c2ccc(N(C)C)cc2)C2=C(CC(C)(C)CC2=O)N1. The first-order chi connectivity index (χ1) is 11.7. The Balaban J connectivity index is 2.12. The predicted octanol–water partition coefficient (Wildman–Crippen LogP) is 3.88. The summed E-state index contributed by atoms with van der Waals surface area (Å²) in [5.41, 5.74) is 5.31. The highest BCUT2D eigenvalue weighted by Crippen LogP contribution is 2.46. The van der Waals surface area contributed by atoms with Gasteiger partial charge in [0.25, 0.3) is 0 Å². The van der Waals surface area contributed by atoms with Crippen molar-refractivity contribution in [2.75, 3.05) is 19.0 Å². The quantitative estimate of drug-likeness (QED) is 0.891. The van der Waals surface area contributed by atoms with Crippen LogP contribution in [0.5, 0.6) is 0 Å². The van der Waals surface area contributed by atoms with Crippen molar-refractivity contribution in [3.63, 3.8) is 0 Å². The van der Waals surface area contributed by atoms with Gasteiger partial charge in [-0.15, -0.1) is 0 Å². The fourth-order valence-electron chi connectivity index (χ4n) is 3.88. The standard InChI is InChI=1S/C21H25N3O/c1-13-16(12-22)19(14-6-8-15(9-7-14)24(4)5)20-17(23-13)10-21(2,3)11-18(20)25/h6-9,19,23H,10-11H2,1-5H3/t19-/m0/s1. The lowest BCUT2D eigenvalue weighted by atomic mass is 9.69. The summed E-state index contributed by atoms with van der Waals surface area (Å²) in [5.74, 6) is -0.109. The summed E-state index contributed by atoms with van der Waals surface area (Å²) in [6.07, 6.45) is 1.36. The molecule has 1 aliphatic heterocycles. The molecule has 0 saturated carbocycles. The molecule has 1 aromatic rings. The number of carbonyl (C=O) groups is 1. The number of carbonyl (C=O) groups excluding carboxylic acids is 1. The Bertz CT molecular complexity index is 820. The molecule has 0 unspecified atom stereocenters. The van der Waals surface area contributed by atoms with E-state index in [2.05, 4.69) is 25.2 Å². The minimum atomic E-state index is -0.263. The van der Waals surface area contributed by atoms with E-state index in [0.717, 1.165) is 34.6 Å². The topological polar surface area (TPSA) is 56.1 Å². The summed E-state index contributed by atoms with van der Waals surface area (Å²) >= 11 is 0. The van der Waals surface area contributed by atoms with Crippen LogP contribution in [0.4, 0.5) is 5.69 Å². The summed E-state index contributed by atoms with van der Waals surface area (Å²) in [5, 5.41) is 13.1. The second-order valence-electron chi connectivity index (χ2n) is 8.03. The van der Waals surface area contributed by atoms with Crippen LogP contribution in [-0.4, -0.2) is 19.9 Å². The monoisotopic (exact) mass is 335 g/mol. The molecule has 130 valence electrons. The van der Waals surface area contributed by atoms with E-state index >= 15 is 0 Å². The Morgan fingerprint density at radius 1 is 1.20 bits per heavy atom. The molecule has 4 nitrogen and oxygen atoms in total. The molecule has 25 heavy (non-hydrogen) atoms. The molecule has 0 fully saturated rings. The van der Waals surface area contributed by atoms with Crippen LogP contribution in [0.25, 0.3) is 0 Å². The van der Waals surface area contributed by atoms with Crippen LogP contribution in [0.15, 0.2) is 46.8 Å². The van der Waals surface area contributed by atoms with Crippen molar-refractivity contribution in [2.24, 2.45) is 5.41 Å². The number of rotatable bonds is 2. The van der Waals surface area contributed by atoms with E-state index in [1.54, 1.807) is 0 Å². The van der Waals surface area contributed by atoms with Gasteiger partial charge in [-0.1, -0.05) is 26.0 Å². The van der Waals surface area contributed by atoms with E-state index in [1.165, 1.54) is 0 Å². The molecule has 1 atom stereocenters. The van der Waals surface area contributed by atoms with Crippen molar-refractivity contribution in [1.82, 2.24) is 5.32 Å². The number of nitrogens with one attached hydrogen (secondary N) is 1. The average molecular weight is 335 g/mol. The van der Waals surface area contributed by atoms with E-state index in [1.807, 2.05) is 50.2 Å². The summed E-state index contributed by atoms with van der Waals surface area (Å²) in [7, 11) is 4.00. The van der Waals surface area contributed by atoms with Crippen molar-refractivity contribution in [2.45, 2.75) is 39.5 Å². The molecular formula is C21H25N3O. The minimum Gasteiger partial charge on any atom is -0.378 e. The lowest BCUT2D eigenvalue weighted by Crippen LogP contribution is -2.36. The van der Waals surface area contributed by atoms with Gasteiger partial charge in [-0.3, -0.25) is 4.79 Å². The Morgan fingerprint density at radius 3 is 2.40 bits per heavy atom. The summed E-state index contributed by atoms with van der Waals surface area (Å²) in [4.78, 5) is 15.0. The smallest absolute Gasteiger partial charge is 0.162 e. The van der Waals surface area contributed by atoms with E-state index < -0.39 is 0 Å². The van der Waals surface area contributed by atoms with Crippen molar-refractivity contribution in [3.8, 4) is 6.07 Å². The van der Waals surface area contributed by atoms with Crippen LogP contribution in [0.3, 0.4) is 0 Å². The summed E-state index contributed by atoms with van der Waals surface area (Å²) in [6, 6.07) is 10.5. The summed E-state index contributed by atoms with van der Waals surface area (Å²) < 4.78 is 0. The lowest BCUT2D eigenvalue weighted by Gasteiger charge is -2.38. The number of benzene rings is 1. The molecule has 3 rings (SSSR count). The van der Waals surface area contributed by atoms with E-state index in [4.69, 9.17) is 0 Å². The maximum atomic E-state index is 12.9. The van der Waals surface area contributed by atoms with Gasteiger partial charge in [-0.2, -0.15) is 5.26 Å². The molecule has 4 heteroatoms. The van der Waals surface area contributed by atoms with E-state index in [-0.39, 0.29) is 17.1 Å². The Morgan fingerprint density at radius 2 is 1.84 bits per heavy atom. The minimum absolute atomic E-state index is 0.0489. The highest BCUT2D eigenvalue weighted by molar-refractivity contribution is 6.00. The maximum Gasteiger partial charge on any atom is 0.162 e. The molecule has 0 radical (unpaired) electrons. The number of nitrogens with zero attached hydrogens (tertiary/aromatic N) is 2. The van der Waals surface area contributed by atoms with Crippen LogP contribution in [0.2, 0.25) is 0 Å². The normalized spacial score (nSPS) is 22.2. The average Bonchev–Trinajstić information content (AvgIpc) is 2.52. The highest BCUT2D eigenvalue weighted by atomic mass is 16.1. The van der Waals surface area contributed by atoms with Gasteiger partial charge in [0, 0.05) is 43.2 Å². The number of allylic oxidation sites excluding steroid dienone is 4. The maximum absolute atomic E-state index is 12.9. The molecule has 2 aliphatic rings. The molecule has 0 saturated heterocycles. The van der Waals surface area contributed by atoms with Crippen LogP contribution < -0.4 is 10.2 Å². The van der Waals surface area contributed by atoms with Crippen LogP contribution in [0.1, 0.15) is 45.1 Å². The molecule has 1 aromatic carbocycles. The fraction of sp³-hybridized carbons (Fsp3) is 0.429. The number of hydrogen-bond acceptors (Lipinski definition) is 4. The number of Topliss-reactive ketones (excluding diaryl/α,β-unsaturated/α-hetero) is 1. The third-order valence-corrected chi connectivity index (χ3v) is 5.10. The molecule has 1 aliphatic carbocycles. The van der Waals surface area contributed by atoms with Crippen molar-refractivity contribution < 1.29 is 4.79 Å². The first-order valence-electron chi connectivity index (χ1n) is 8.65. The molecule has 0 amide bonds. The Kier molecular flexibility index (Phi) is 4.20. The molecule has 0 bridgehead atoms. The van der Waals surface area contributed by atoms with Gasteiger partial charge in [0.1, 0.15) is 0 Å². The van der Waals surface area contributed by atoms with E-state index in [9.17, 15) is 10.1 Å². The lowest BCUT2D eigenvalue weighted by molar-refractivity contribution is -0.118. The van der Waals surface area contributed by atoms with Crippen molar-refractivity contribution >= 4 is 11.5 Å². The second-order valence-corrected chi connectivity index (χ2v) is 8.03. The first kappa shape index (κ1) is 17.3. The third-order valence-electron chi connectivity index (χ3n) is 5.10. The zero-order valence-electron chi connectivity index (χ0n) is 15.6. The molecular weight excluding hydrogens is 310 g/mol. The number of ketones is 1. The largest absolute Gasteiger partial charge is 0.378 e. The van der Waals surface area contributed by atoms with Crippen LogP contribution >= 0.6 is 0 Å². The highest BCUT2D eigenvalue weighted by Gasteiger charge is 2.40. The molecule has 1 N–H and O–H groups in total. The Labute approximate surface area is 149 Å². The van der Waals surface area contributed by atoms with Gasteiger partial charge in [-0.05, 0) is 36.5 Å². The van der Waals surface area contributed by atoms with Gasteiger partial charge < -0.3 is 10.2 Å². The van der Waals surface area contributed by atoms with Gasteiger partial charge in [0.2, 0.25) is 0 Å². The van der Waals surface area contributed by atoms with Crippen LogP contribution in [0, 0.1) is 16.7 Å². The van der Waals surface area contributed by atoms with Gasteiger partial charge in [0.15, 0.2) is 5.78 Å². The Hall–Kier alpha value is -2.54. The number of dihydropyridines is 1. The first-order valence-corrected chi connectivity index (χ1v) is 8.65. The van der Waals surface area contributed by atoms with E-state index in [0.29, 0.717) is 12.0 Å². The number of hydrogen-bond donors (Lipinski definition) is 1. The third kappa shape index (κ3) is 3.07. The zero-order valence-corrected chi connectivity index (χ0v) is 15.6. The molecule has 1 heterocycles. The predicted molar refractivity (Wildman–Crippen MR) is 100 cm³/mol. The number of nitriles is 1. The van der Waals surface area contributed by atoms with Gasteiger partial charge in [-0.25, -0.2) is 0 Å². The molecule has 0 aromatic heterocycles. The summed E-state index contributed by atoms with van der Waals surface area (Å²) in [6.45, 7) is 6.17. The van der Waals surface area contributed by atoms with Gasteiger partial charge >= 0.3 is 0 Å². The zero-order chi connectivity index (χ0) is 18.4. The number of anilines is 1. The fourth-order valence-corrected chi connectivity index (χ4v) is 3.88.